The minimum atomic E-state index is 0.878. The first-order valence-electron chi connectivity index (χ1n) is 17.8. The van der Waals surface area contributed by atoms with Gasteiger partial charge < -0.3 is 9.32 Å². The molecule has 0 aliphatic rings. The second kappa shape index (κ2) is 12.5. The second-order valence-corrected chi connectivity index (χ2v) is 13.3. The largest absolute Gasteiger partial charge is 0.456 e. The molecule has 1 heterocycles. The van der Waals surface area contributed by atoms with Crippen LogP contribution in [0, 0.1) is 0 Å². The standard InChI is InChI=1S/C50H33NO/c1-2-12-34(13-3-1)36-26-28-40(29-27-36)51(41-30-31-49-46(33-41)44-19-8-9-23-48(44)52-49)47-22-11-20-43(39-25-24-35-14-4-5-16-38(35)32-39)50(47)45-21-10-17-37-15-6-7-18-42(37)45/h1-33H. The molecule has 0 fully saturated rings. The highest BCUT2D eigenvalue weighted by Gasteiger charge is 2.23. The van der Waals surface area contributed by atoms with Crippen LogP contribution in [0.2, 0.25) is 0 Å². The highest BCUT2D eigenvalue weighted by atomic mass is 16.3. The van der Waals surface area contributed by atoms with Crippen molar-refractivity contribution in [3.8, 4) is 33.4 Å². The van der Waals surface area contributed by atoms with Gasteiger partial charge in [0.25, 0.3) is 0 Å². The number of furan rings is 1. The molecule has 0 radical (unpaired) electrons. The van der Waals surface area contributed by atoms with Crippen LogP contribution in [0.15, 0.2) is 205 Å². The van der Waals surface area contributed by atoms with Crippen molar-refractivity contribution >= 4 is 60.5 Å². The lowest BCUT2D eigenvalue weighted by Gasteiger charge is -2.30. The van der Waals surface area contributed by atoms with E-state index in [2.05, 4.69) is 193 Å². The van der Waals surface area contributed by atoms with Crippen LogP contribution in [0.1, 0.15) is 0 Å². The molecule has 9 aromatic carbocycles. The summed E-state index contributed by atoms with van der Waals surface area (Å²) in [4.78, 5) is 2.41. The number of para-hydroxylation sites is 1. The normalized spacial score (nSPS) is 11.5. The van der Waals surface area contributed by atoms with Gasteiger partial charge in [0.05, 0.1) is 5.69 Å². The predicted octanol–water partition coefficient (Wildman–Crippen LogP) is 14.4. The Labute approximate surface area is 302 Å². The van der Waals surface area contributed by atoms with Gasteiger partial charge in [-0.1, -0.05) is 152 Å². The number of fused-ring (bicyclic) bond motifs is 5. The Bertz CT molecular complexity index is 2900. The van der Waals surface area contributed by atoms with Gasteiger partial charge in [-0.15, -0.1) is 0 Å². The summed E-state index contributed by atoms with van der Waals surface area (Å²) < 4.78 is 6.30. The van der Waals surface area contributed by atoms with E-state index in [1.54, 1.807) is 0 Å². The molecule has 0 aliphatic carbocycles. The van der Waals surface area contributed by atoms with E-state index in [0.717, 1.165) is 39.0 Å². The fourth-order valence-corrected chi connectivity index (χ4v) is 7.76. The molecule has 10 rings (SSSR count). The van der Waals surface area contributed by atoms with Crippen molar-refractivity contribution in [3.05, 3.63) is 200 Å². The highest BCUT2D eigenvalue weighted by molar-refractivity contribution is 6.09. The van der Waals surface area contributed by atoms with Gasteiger partial charge in [-0.2, -0.15) is 0 Å². The van der Waals surface area contributed by atoms with Gasteiger partial charge in [-0.05, 0) is 97.9 Å². The first-order valence-corrected chi connectivity index (χ1v) is 17.8. The van der Waals surface area contributed by atoms with Crippen LogP contribution in [0.4, 0.5) is 17.1 Å². The van der Waals surface area contributed by atoms with Gasteiger partial charge in [-0.3, -0.25) is 0 Å². The van der Waals surface area contributed by atoms with Gasteiger partial charge >= 0.3 is 0 Å². The second-order valence-electron chi connectivity index (χ2n) is 13.3. The molecule has 0 saturated heterocycles. The zero-order valence-corrected chi connectivity index (χ0v) is 28.4. The minimum Gasteiger partial charge on any atom is -0.456 e. The molecule has 0 bridgehead atoms. The summed E-state index contributed by atoms with van der Waals surface area (Å²) in [6.07, 6.45) is 0. The number of nitrogens with zero attached hydrogens (tertiary/aromatic N) is 1. The molecular formula is C50H33NO. The molecule has 0 unspecified atom stereocenters. The average molecular weight is 664 g/mol. The maximum atomic E-state index is 6.30. The van der Waals surface area contributed by atoms with Crippen molar-refractivity contribution in [2.24, 2.45) is 0 Å². The van der Waals surface area contributed by atoms with Crippen LogP contribution in [0.5, 0.6) is 0 Å². The van der Waals surface area contributed by atoms with Gasteiger partial charge in [0, 0.05) is 27.7 Å². The third-order valence-corrected chi connectivity index (χ3v) is 10.3. The third-order valence-electron chi connectivity index (χ3n) is 10.3. The van der Waals surface area contributed by atoms with Crippen molar-refractivity contribution in [3.63, 3.8) is 0 Å². The number of benzene rings is 9. The van der Waals surface area contributed by atoms with E-state index in [0.29, 0.717) is 0 Å². The summed E-state index contributed by atoms with van der Waals surface area (Å²) in [6, 6.07) is 71.9. The van der Waals surface area contributed by atoms with Crippen molar-refractivity contribution < 1.29 is 4.42 Å². The summed E-state index contributed by atoms with van der Waals surface area (Å²) in [5, 5.41) is 7.09. The maximum Gasteiger partial charge on any atom is 0.135 e. The molecule has 0 atom stereocenters. The summed E-state index contributed by atoms with van der Waals surface area (Å²) in [5.41, 5.74) is 12.1. The van der Waals surface area contributed by atoms with Crippen LogP contribution < -0.4 is 4.90 Å². The van der Waals surface area contributed by atoms with Crippen molar-refractivity contribution in [2.45, 2.75) is 0 Å². The monoisotopic (exact) mass is 663 g/mol. The fraction of sp³-hybridized carbons (Fsp3) is 0. The number of hydrogen-bond acceptors (Lipinski definition) is 2. The summed E-state index contributed by atoms with van der Waals surface area (Å²) >= 11 is 0. The zero-order valence-electron chi connectivity index (χ0n) is 28.4. The van der Waals surface area contributed by atoms with E-state index in [4.69, 9.17) is 4.42 Å². The SMILES string of the molecule is c1ccc(-c2ccc(N(c3ccc4oc5ccccc5c4c3)c3cccc(-c4ccc5ccccc5c4)c3-c3cccc4ccccc34)cc2)cc1. The molecule has 0 spiro atoms. The van der Waals surface area contributed by atoms with Gasteiger partial charge in [0.1, 0.15) is 11.2 Å². The van der Waals surface area contributed by atoms with E-state index >= 15 is 0 Å². The van der Waals surface area contributed by atoms with Crippen LogP contribution in [0.3, 0.4) is 0 Å². The van der Waals surface area contributed by atoms with Gasteiger partial charge in [0.2, 0.25) is 0 Å². The van der Waals surface area contributed by atoms with Crippen molar-refractivity contribution in [1.29, 1.82) is 0 Å². The molecule has 10 aromatic rings. The smallest absolute Gasteiger partial charge is 0.135 e. The number of rotatable bonds is 6. The van der Waals surface area contributed by atoms with Crippen molar-refractivity contribution in [2.75, 3.05) is 4.90 Å². The van der Waals surface area contributed by atoms with E-state index in [-0.39, 0.29) is 0 Å². The predicted molar refractivity (Wildman–Crippen MR) is 220 cm³/mol. The Morgan fingerprint density at radius 2 is 0.942 bits per heavy atom. The Kier molecular flexibility index (Phi) is 7.18. The minimum absolute atomic E-state index is 0.878. The fourth-order valence-electron chi connectivity index (χ4n) is 7.76. The Morgan fingerprint density at radius 1 is 0.327 bits per heavy atom. The molecule has 2 heteroatoms. The third kappa shape index (κ3) is 5.12. The molecule has 0 aliphatic heterocycles. The zero-order chi connectivity index (χ0) is 34.4. The molecule has 1 aromatic heterocycles. The molecular weight excluding hydrogens is 631 g/mol. The number of anilines is 3. The first kappa shape index (κ1) is 30.0. The molecule has 52 heavy (non-hydrogen) atoms. The average Bonchev–Trinajstić information content (AvgIpc) is 3.59. The maximum absolute atomic E-state index is 6.30. The van der Waals surface area contributed by atoms with Gasteiger partial charge in [0.15, 0.2) is 0 Å². The van der Waals surface area contributed by atoms with Crippen LogP contribution in [0.25, 0.3) is 76.9 Å². The topological polar surface area (TPSA) is 16.4 Å². The first-order chi connectivity index (χ1) is 25.8. The molecule has 2 nitrogen and oxygen atoms in total. The lowest BCUT2D eigenvalue weighted by atomic mass is 9.88. The van der Waals surface area contributed by atoms with Gasteiger partial charge in [-0.25, -0.2) is 0 Å². The lowest BCUT2D eigenvalue weighted by molar-refractivity contribution is 0.669. The summed E-state index contributed by atoms with van der Waals surface area (Å²) in [5.74, 6) is 0. The van der Waals surface area contributed by atoms with Crippen LogP contribution >= 0.6 is 0 Å². The van der Waals surface area contributed by atoms with E-state index < -0.39 is 0 Å². The van der Waals surface area contributed by atoms with E-state index in [1.165, 1.54) is 54.9 Å². The lowest BCUT2D eigenvalue weighted by Crippen LogP contribution is -2.12. The Hall–Kier alpha value is -6.90. The van der Waals surface area contributed by atoms with Crippen molar-refractivity contribution in [1.82, 2.24) is 0 Å². The van der Waals surface area contributed by atoms with Crippen LogP contribution in [-0.2, 0) is 0 Å². The quantitative estimate of drug-likeness (QED) is 0.176. The Balaban J connectivity index is 1.27. The van der Waals surface area contributed by atoms with E-state index in [9.17, 15) is 0 Å². The Morgan fingerprint density at radius 3 is 1.81 bits per heavy atom. The highest BCUT2D eigenvalue weighted by Crippen LogP contribution is 2.48. The molecule has 0 amide bonds. The molecule has 0 saturated carbocycles. The summed E-state index contributed by atoms with van der Waals surface area (Å²) in [7, 11) is 0. The van der Waals surface area contributed by atoms with Crippen LogP contribution in [-0.4, -0.2) is 0 Å². The molecule has 0 N–H and O–H groups in total. The van der Waals surface area contributed by atoms with E-state index in [1.807, 2.05) is 12.1 Å². The number of hydrogen-bond donors (Lipinski definition) is 0. The summed E-state index contributed by atoms with van der Waals surface area (Å²) in [6.45, 7) is 0. The molecule has 244 valence electrons.